The highest BCUT2D eigenvalue weighted by Crippen LogP contribution is 2.24. The molecule has 1 aromatic carbocycles. The molecule has 1 atom stereocenters. The molecule has 0 bridgehead atoms. The molecule has 1 N–H and O–H groups in total. The molecule has 2 aromatic rings. The second kappa shape index (κ2) is 8.77. The summed E-state index contributed by atoms with van der Waals surface area (Å²) in [4.78, 5) is 14.8. The summed E-state index contributed by atoms with van der Waals surface area (Å²) >= 11 is 0. The predicted octanol–water partition coefficient (Wildman–Crippen LogP) is 2.63. The summed E-state index contributed by atoms with van der Waals surface area (Å²) < 4.78 is 2.06. The van der Waals surface area contributed by atoms with Crippen molar-refractivity contribution in [1.29, 1.82) is 0 Å². The molecule has 1 aliphatic rings. The average molecular weight is 338 g/mol. The number of carbonyl (C=O) groups is 1. The van der Waals surface area contributed by atoms with E-state index in [0.717, 1.165) is 13.1 Å². The molecule has 0 radical (unpaired) electrons. The lowest BCUT2D eigenvalue weighted by atomic mass is 10.1. The quantitative estimate of drug-likeness (QED) is 0.788. The first-order chi connectivity index (χ1) is 12.2. The van der Waals surface area contributed by atoms with Gasteiger partial charge in [0.25, 0.3) is 0 Å². The smallest absolute Gasteiger partial charge is 0.226 e. The van der Waals surface area contributed by atoms with Crippen molar-refractivity contribution in [2.45, 2.75) is 38.8 Å². The van der Waals surface area contributed by atoms with E-state index in [1.807, 2.05) is 18.5 Å². The van der Waals surface area contributed by atoms with Crippen molar-refractivity contribution in [1.82, 2.24) is 10.2 Å². The predicted molar refractivity (Wildman–Crippen MR) is 99.0 cm³/mol. The van der Waals surface area contributed by atoms with Gasteiger partial charge in [0.15, 0.2) is 18.9 Å². The van der Waals surface area contributed by atoms with Crippen LogP contribution in [0.2, 0.25) is 0 Å². The molecule has 0 saturated carbocycles. The van der Waals surface area contributed by atoms with Crippen LogP contribution in [0.25, 0.3) is 0 Å². The number of hydrogen-bond acceptors (Lipinski definition) is 2. The van der Waals surface area contributed by atoms with Crippen LogP contribution in [0.15, 0.2) is 54.9 Å². The van der Waals surface area contributed by atoms with Crippen LogP contribution in [-0.2, 0) is 11.3 Å². The van der Waals surface area contributed by atoms with Gasteiger partial charge in [-0.05, 0) is 44.0 Å². The Morgan fingerprint density at radius 1 is 1.12 bits per heavy atom. The number of nitrogens with zero attached hydrogens (tertiary/aromatic N) is 2. The number of amides is 1. The lowest BCUT2D eigenvalue weighted by Crippen LogP contribution is -2.39. The highest BCUT2D eigenvalue weighted by atomic mass is 16.1. The van der Waals surface area contributed by atoms with Gasteiger partial charge in [0.2, 0.25) is 5.91 Å². The zero-order chi connectivity index (χ0) is 17.5. The van der Waals surface area contributed by atoms with Crippen LogP contribution in [0, 0.1) is 6.92 Å². The molecule has 1 aromatic heterocycles. The van der Waals surface area contributed by atoms with Crippen LogP contribution < -0.4 is 9.88 Å². The van der Waals surface area contributed by atoms with Gasteiger partial charge in [-0.25, -0.2) is 4.57 Å². The van der Waals surface area contributed by atoms with Crippen LogP contribution in [-0.4, -0.2) is 30.4 Å². The molecule has 1 amide bonds. The molecular weight excluding hydrogens is 310 g/mol. The molecule has 1 aliphatic heterocycles. The number of nitrogens with one attached hydrogen (secondary N) is 1. The Bertz CT molecular complexity index is 663. The van der Waals surface area contributed by atoms with Gasteiger partial charge in [-0.3, -0.25) is 9.69 Å². The molecule has 1 saturated heterocycles. The lowest BCUT2D eigenvalue weighted by Gasteiger charge is -2.28. The molecule has 0 spiro atoms. The Hall–Kier alpha value is -2.20. The SMILES string of the molecule is Cc1cc[n+](CCC(=O)NCC(c2ccccc2)N2CCCC2)cc1. The second-order valence-electron chi connectivity index (χ2n) is 6.84. The van der Waals surface area contributed by atoms with Crippen molar-refractivity contribution in [2.24, 2.45) is 0 Å². The van der Waals surface area contributed by atoms with Gasteiger partial charge in [-0.2, -0.15) is 0 Å². The summed E-state index contributed by atoms with van der Waals surface area (Å²) in [6, 6.07) is 14.9. The topological polar surface area (TPSA) is 36.2 Å². The van der Waals surface area contributed by atoms with Crippen LogP contribution in [0.4, 0.5) is 0 Å². The fraction of sp³-hybridized carbons (Fsp3) is 0.429. The van der Waals surface area contributed by atoms with Crippen molar-refractivity contribution in [2.75, 3.05) is 19.6 Å². The molecule has 1 fully saturated rings. The molecule has 3 rings (SSSR count). The van der Waals surface area contributed by atoms with Gasteiger partial charge in [0.1, 0.15) is 0 Å². The minimum Gasteiger partial charge on any atom is -0.354 e. The highest BCUT2D eigenvalue weighted by Gasteiger charge is 2.23. The summed E-state index contributed by atoms with van der Waals surface area (Å²) in [5.74, 6) is 0.119. The van der Waals surface area contributed by atoms with E-state index in [2.05, 4.69) is 58.1 Å². The Balaban J connectivity index is 1.53. The van der Waals surface area contributed by atoms with E-state index in [1.54, 1.807) is 0 Å². The summed E-state index contributed by atoms with van der Waals surface area (Å²) in [6.45, 7) is 5.70. The number of aryl methyl sites for hydroxylation is 2. The maximum absolute atomic E-state index is 12.3. The average Bonchev–Trinajstić information content (AvgIpc) is 3.17. The zero-order valence-electron chi connectivity index (χ0n) is 15.0. The van der Waals surface area contributed by atoms with Crippen molar-refractivity contribution in [3.05, 3.63) is 66.0 Å². The summed E-state index contributed by atoms with van der Waals surface area (Å²) in [5, 5.41) is 3.15. The zero-order valence-corrected chi connectivity index (χ0v) is 15.0. The number of likely N-dealkylation sites (tertiary alicyclic amines) is 1. The van der Waals surface area contributed by atoms with Crippen molar-refractivity contribution in [3.63, 3.8) is 0 Å². The van der Waals surface area contributed by atoms with Gasteiger partial charge in [0.05, 0.1) is 12.5 Å². The van der Waals surface area contributed by atoms with Crippen LogP contribution in [0.3, 0.4) is 0 Å². The van der Waals surface area contributed by atoms with E-state index in [0.29, 0.717) is 19.5 Å². The number of aromatic nitrogens is 1. The first-order valence-electron chi connectivity index (χ1n) is 9.24. The number of carbonyl (C=O) groups excluding carboxylic acids is 1. The summed E-state index contributed by atoms with van der Waals surface area (Å²) in [5.41, 5.74) is 2.52. The van der Waals surface area contributed by atoms with Crippen molar-refractivity contribution < 1.29 is 9.36 Å². The fourth-order valence-corrected chi connectivity index (χ4v) is 3.40. The molecule has 132 valence electrons. The third kappa shape index (κ3) is 5.13. The van der Waals surface area contributed by atoms with E-state index in [4.69, 9.17) is 0 Å². The second-order valence-corrected chi connectivity index (χ2v) is 6.84. The number of hydrogen-bond donors (Lipinski definition) is 1. The Kier molecular flexibility index (Phi) is 6.18. The number of rotatable bonds is 7. The van der Waals surface area contributed by atoms with Gasteiger partial charge in [-0.1, -0.05) is 30.3 Å². The summed E-state index contributed by atoms with van der Waals surface area (Å²) in [6.07, 6.45) is 7.07. The standard InChI is InChI=1S/C21H27N3O/c1-18-9-14-23(15-10-18)16-11-21(25)22-17-20(24-12-5-6-13-24)19-7-3-2-4-8-19/h2-4,7-10,14-15,20H,5-6,11-13,16-17H2,1H3/p+1. The van der Waals surface area contributed by atoms with Crippen LogP contribution in [0.5, 0.6) is 0 Å². The summed E-state index contributed by atoms with van der Waals surface area (Å²) in [7, 11) is 0. The lowest BCUT2D eigenvalue weighted by molar-refractivity contribution is -0.695. The number of pyridine rings is 1. The molecule has 4 nitrogen and oxygen atoms in total. The van der Waals surface area contributed by atoms with E-state index < -0.39 is 0 Å². The van der Waals surface area contributed by atoms with Gasteiger partial charge in [0, 0.05) is 18.7 Å². The molecule has 1 unspecified atom stereocenters. The van der Waals surface area contributed by atoms with Crippen LogP contribution >= 0.6 is 0 Å². The van der Waals surface area contributed by atoms with Crippen molar-refractivity contribution in [3.8, 4) is 0 Å². The maximum Gasteiger partial charge on any atom is 0.226 e. The minimum atomic E-state index is 0.119. The van der Waals surface area contributed by atoms with E-state index in [-0.39, 0.29) is 11.9 Å². The first-order valence-corrected chi connectivity index (χ1v) is 9.24. The Labute approximate surface area is 150 Å². The number of benzene rings is 1. The Morgan fingerprint density at radius 3 is 2.48 bits per heavy atom. The fourth-order valence-electron chi connectivity index (χ4n) is 3.40. The molecule has 0 aliphatic carbocycles. The third-order valence-electron chi connectivity index (χ3n) is 4.91. The normalized spacial score (nSPS) is 15.9. The van der Waals surface area contributed by atoms with Gasteiger partial charge >= 0.3 is 0 Å². The highest BCUT2D eigenvalue weighted by molar-refractivity contribution is 5.75. The first kappa shape index (κ1) is 17.6. The van der Waals surface area contributed by atoms with Crippen LogP contribution in [0.1, 0.15) is 36.4 Å². The molecule has 4 heteroatoms. The van der Waals surface area contributed by atoms with Gasteiger partial charge < -0.3 is 5.32 Å². The van der Waals surface area contributed by atoms with Crippen molar-refractivity contribution >= 4 is 5.91 Å². The minimum absolute atomic E-state index is 0.119. The van der Waals surface area contributed by atoms with E-state index >= 15 is 0 Å². The molecule has 2 heterocycles. The van der Waals surface area contributed by atoms with E-state index in [1.165, 1.54) is 24.0 Å². The maximum atomic E-state index is 12.3. The molecule has 25 heavy (non-hydrogen) atoms. The van der Waals surface area contributed by atoms with E-state index in [9.17, 15) is 4.79 Å². The monoisotopic (exact) mass is 338 g/mol. The Morgan fingerprint density at radius 2 is 1.80 bits per heavy atom. The van der Waals surface area contributed by atoms with Gasteiger partial charge in [-0.15, -0.1) is 0 Å². The molecular formula is C21H28N3O+. The third-order valence-corrected chi connectivity index (χ3v) is 4.91. The largest absolute Gasteiger partial charge is 0.354 e.